The van der Waals surface area contributed by atoms with Gasteiger partial charge in [-0.2, -0.15) is 5.10 Å². The van der Waals surface area contributed by atoms with Crippen LogP contribution in [0.2, 0.25) is 0 Å². The number of aromatic nitrogens is 3. The van der Waals surface area contributed by atoms with Crippen molar-refractivity contribution < 1.29 is 19.1 Å². The average molecular weight is 732 g/mol. The van der Waals surface area contributed by atoms with Gasteiger partial charge in [-0.25, -0.2) is 0 Å². The first-order valence-electron chi connectivity index (χ1n) is 18.4. The van der Waals surface area contributed by atoms with E-state index in [0.29, 0.717) is 5.56 Å². The molecule has 2 aromatic heterocycles. The smallest absolute Gasteiger partial charge is 0.166 e. The second-order valence-electron chi connectivity index (χ2n) is 13.8. The predicted octanol–water partition coefficient (Wildman–Crippen LogP) is 10.3. The van der Waals surface area contributed by atoms with E-state index in [1.54, 1.807) is 19.5 Å². The Hall–Kier alpha value is -6.39. The van der Waals surface area contributed by atoms with Gasteiger partial charge in [0.15, 0.2) is 17.3 Å². The molecule has 0 saturated heterocycles. The zero-order chi connectivity index (χ0) is 39.7. The number of hydrogen-bond donors (Lipinski definition) is 0. The minimum absolute atomic E-state index is 0.00589. The van der Waals surface area contributed by atoms with E-state index >= 15 is 0 Å². The molecule has 0 aliphatic heterocycles. The molecule has 55 heavy (non-hydrogen) atoms. The predicted molar refractivity (Wildman–Crippen MR) is 220 cm³/mol. The first-order chi connectivity index (χ1) is 26.4. The van der Waals surface area contributed by atoms with Gasteiger partial charge in [0.2, 0.25) is 0 Å². The third-order valence-corrected chi connectivity index (χ3v) is 8.44. The van der Waals surface area contributed by atoms with Crippen molar-refractivity contribution in [3.05, 3.63) is 173 Å². The maximum atomic E-state index is 11.8. The summed E-state index contributed by atoms with van der Waals surface area (Å²) in [6.07, 6.45) is 5.33. The molecular weight excluding hydrogens is 683 g/mol. The molecule has 0 aliphatic rings. The van der Waals surface area contributed by atoms with E-state index < -0.39 is 0 Å². The zero-order valence-electron chi connectivity index (χ0n) is 32.7. The van der Waals surface area contributed by atoms with Crippen LogP contribution in [-0.2, 0) is 6.54 Å². The highest BCUT2D eigenvalue weighted by Crippen LogP contribution is 2.21. The van der Waals surface area contributed by atoms with Gasteiger partial charge in [-0.15, -0.1) is 0 Å². The minimum Gasteiger partial charge on any atom is -0.497 e. The molecule has 0 amide bonds. The molecule has 0 aliphatic carbocycles. The summed E-state index contributed by atoms with van der Waals surface area (Å²) in [4.78, 5) is 39.7. The molecule has 0 radical (unpaired) electrons. The summed E-state index contributed by atoms with van der Waals surface area (Å²) in [6.45, 7) is 12.2. The molecule has 4 aromatic carbocycles. The third-order valence-electron chi connectivity index (χ3n) is 8.44. The van der Waals surface area contributed by atoms with Crippen molar-refractivity contribution in [3.8, 4) is 28.8 Å². The van der Waals surface area contributed by atoms with E-state index in [1.807, 2.05) is 174 Å². The number of pyridine rings is 1. The van der Waals surface area contributed by atoms with Crippen LogP contribution in [0.5, 0.6) is 5.75 Å². The van der Waals surface area contributed by atoms with Crippen LogP contribution in [0.1, 0.15) is 89.3 Å². The minimum atomic E-state index is -0.00589. The second-order valence-corrected chi connectivity index (χ2v) is 13.8. The van der Waals surface area contributed by atoms with Crippen LogP contribution in [-0.4, -0.2) is 39.2 Å². The third kappa shape index (κ3) is 12.9. The Morgan fingerprint density at radius 3 is 1.58 bits per heavy atom. The highest BCUT2D eigenvalue weighted by molar-refractivity contribution is 5.98. The van der Waals surface area contributed by atoms with Gasteiger partial charge in [-0.05, 0) is 72.3 Å². The summed E-state index contributed by atoms with van der Waals surface area (Å²) in [5.74, 6) is 7.56. The van der Waals surface area contributed by atoms with Gasteiger partial charge in [0.25, 0.3) is 0 Å². The zero-order valence-corrected chi connectivity index (χ0v) is 32.7. The molecule has 7 nitrogen and oxygen atoms in total. The van der Waals surface area contributed by atoms with Crippen LogP contribution in [0.4, 0.5) is 0 Å². The van der Waals surface area contributed by atoms with Crippen molar-refractivity contribution in [2.24, 2.45) is 17.8 Å². The Labute approximate surface area is 325 Å². The van der Waals surface area contributed by atoms with Crippen molar-refractivity contribution in [1.29, 1.82) is 0 Å². The maximum absolute atomic E-state index is 11.8. The summed E-state index contributed by atoms with van der Waals surface area (Å²) in [6, 6.07) is 38.4. The van der Waals surface area contributed by atoms with Crippen molar-refractivity contribution in [2.45, 2.75) is 48.1 Å². The van der Waals surface area contributed by atoms with E-state index in [4.69, 9.17) is 4.74 Å². The Kier molecular flexibility index (Phi) is 15.6. The van der Waals surface area contributed by atoms with Crippen LogP contribution in [0.15, 0.2) is 140 Å². The van der Waals surface area contributed by atoms with Gasteiger partial charge in [0, 0.05) is 69.7 Å². The second kappa shape index (κ2) is 20.7. The van der Waals surface area contributed by atoms with Crippen molar-refractivity contribution >= 4 is 17.3 Å². The summed E-state index contributed by atoms with van der Waals surface area (Å²) >= 11 is 0. The number of ether oxygens (including phenoxy) is 1. The lowest BCUT2D eigenvalue weighted by atomic mass is 10.0. The van der Waals surface area contributed by atoms with E-state index in [2.05, 4.69) is 21.9 Å². The molecule has 0 unspecified atom stereocenters. The Bertz CT molecular complexity index is 2160. The molecule has 6 aromatic rings. The molecule has 0 fully saturated rings. The Balaban J connectivity index is 0.000000184. The van der Waals surface area contributed by atoms with E-state index in [0.717, 1.165) is 51.4 Å². The molecule has 6 rings (SSSR count). The average Bonchev–Trinajstić information content (AvgIpc) is 3.73. The molecule has 0 saturated carbocycles. The summed E-state index contributed by atoms with van der Waals surface area (Å²) in [5.41, 5.74) is 7.10. The number of carbonyl (C=O) groups is 3. The summed E-state index contributed by atoms with van der Waals surface area (Å²) in [7, 11) is 1.64. The number of rotatable bonds is 10. The van der Waals surface area contributed by atoms with E-state index in [-0.39, 0.29) is 35.1 Å². The molecule has 280 valence electrons. The van der Waals surface area contributed by atoms with Crippen molar-refractivity contribution in [1.82, 2.24) is 14.8 Å². The number of carbonyl (C=O) groups excluding carboxylic acids is 3. The molecule has 0 atom stereocenters. The quantitative estimate of drug-likeness (QED) is 0.103. The fraction of sp³-hybridized carbons (Fsp3) is 0.229. The number of Topliss-reactive ketones (excluding diaryl/α,β-unsaturated/α-hetero) is 3. The van der Waals surface area contributed by atoms with Gasteiger partial charge in [0.1, 0.15) is 5.75 Å². The van der Waals surface area contributed by atoms with Gasteiger partial charge in [-0.1, -0.05) is 108 Å². The molecule has 0 spiro atoms. The van der Waals surface area contributed by atoms with Gasteiger partial charge in [-0.3, -0.25) is 24.0 Å². The van der Waals surface area contributed by atoms with Crippen LogP contribution >= 0.6 is 0 Å². The van der Waals surface area contributed by atoms with Gasteiger partial charge >= 0.3 is 0 Å². The largest absolute Gasteiger partial charge is 0.497 e. The SMILES string of the molecule is CC(C)C(=O)c1ccc(C#Cc2ccccc2)cc1.CC(C)C(=O)c1ccc(Cn2cccn2)cc1.COc1ccc(-c2ccc(C(=O)C(C)C)cn2)cc1. The van der Waals surface area contributed by atoms with Crippen molar-refractivity contribution in [2.75, 3.05) is 7.11 Å². The van der Waals surface area contributed by atoms with E-state index in [9.17, 15) is 14.4 Å². The maximum Gasteiger partial charge on any atom is 0.166 e. The lowest BCUT2D eigenvalue weighted by Gasteiger charge is -2.06. The molecule has 7 heteroatoms. The standard InChI is InChI=1S/C18H16O.C16H17NO2.C14H16N2O/c1-14(2)18(19)17-12-10-16(11-13-17)9-8-15-6-4-3-5-7-15;1-11(2)16(18)13-6-9-15(17-10-13)12-4-7-14(19-3)8-5-12;1-11(2)14(17)13-6-4-12(5-7-13)10-16-9-3-8-15-16/h3-7,10-14H,1-2H3;4-11H,1-3H3;3-9,11H,10H2,1-2H3. The number of ketones is 3. The van der Waals surface area contributed by atoms with Crippen LogP contribution in [0.25, 0.3) is 11.3 Å². The summed E-state index contributed by atoms with van der Waals surface area (Å²) in [5, 5.41) is 4.15. The Morgan fingerprint density at radius 2 is 1.11 bits per heavy atom. The first kappa shape index (κ1) is 41.4. The normalized spacial score (nSPS) is 10.4. The molecule has 2 heterocycles. The summed E-state index contributed by atoms with van der Waals surface area (Å²) < 4.78 is 6.98. The monoisotopic (exact) mass is 731 g/mol. The molecular formula is C48H49N3O4. The fourth-order valence-corrected chi connectivity index (χ4v) is 5.21. The lowest BCUT2D eigenvalue weighted by molar-refractivity contribution is 0.0932. The van der Waals surface area contributed by atoms with Crippen molar-refractivity contribution in [3.63, 3.8) is 0 Å². The first-order valence-corrected chi connectivity index (χ1v) is 18.4. The lowest BCUT2D eigenvalue weighted by Crippen LogP contribution is -2.07. The number of nitrogens with zero attached hydrogens (tertiary/aromatic N) is 3. The van der Waals surface area contributed by atoms with Crippen LogP contribution in [0, 0.1) is 29.6 Å². The van der Waals surface area contributed by atoms with Gasteiger partial charge < -0.3 is 4.74 Å². The van der Waals surface area contributed by atoms with Gasteiger partial charge in [0.05, 0.1) is 19.3 Å². The van der Waals surface area contributed by atoms with Crippen LogP contribution in [0.3, 0.4) is 0 Å². The number of methoxy groups -OCH3 is 1. The topological polar surface area (TPSA) is 91.1 Å². The van der Waals surface area contributed by atoms with Crippen LogP contribution < -0.4 is 4.74 Å². The highest BCUT2D eigenvalue weighted by atomic mass is 16.5. The molecule has 0 bridgehead atoms. The number of hydrogen-bond acceptors (Lipinski definition) is 6. The highest BCUT2D eigenvalue weighted by Gasteiger charge is 2.12. The fourth-order valence-electron chi connectivity index (χ4n) is 5.21. The Morgan fingerprint density at radius 1 is 0.600 bits per heavy atom. The van der Waals surface area contributed by atoms with E-state index in [1.165, 1.54) is 0 Å². The molecule has 0 N–H and O–H groups in total. The number of benzene rings is 4.